The minimum Gasteiger partial charge on any atom is -0.382 e. The fourth-order valence-electron chi connectivity index (χ4n) is 2.50. The number of hydrogen-bond acceptors (Lipinski definition) is 4. The molecule has 2 rings (SSSR count). The molecule has 0 unspecified atom stereocenters. The lowest BCUT2D eigenvalue weighted by Crippen LogP contribution is -2.32. The quantitative estimate of drug-likeness (QED) is 0.658. The fraction of sp³-hybridized carbons (Fsp3) is 0.625. The Balaban J connectivity index is 1.45. The Bertz CT molecular complexity index is 359. The van der Waals surface area contributed by atoms with E-state index in [2.05, 4.69) is 29.6 Å². The molecule has 1 aromatic rings. The summed E-state index contributed by atoms with van der Waals surface area (Å²) in [6.07, 6.45) is 2.27. The van der Waals surface area contributed by atoms with E-state index in [9.17, 15) is 0 Å². The van der Waals surface area contributed by atoms with Gasteiger partial charge in [0.15, 0.2) is 0 Å². The molecule has 1 N–H and O–H groups in total. The van der Waals surface area contributed by atoms with Crippen molar-refractivity contribution >= 4 is 0 Å². The van der Waals surface area contributed by atoms with Gasteiger partial charge in [-0.05, 0) is 24.0 Å². The van der Waals surface area contributed by atoms with Crippen LogP contribution < -0.4 is 5.32 Å². The highest BCUT2D eigenvalue weighted by Gasteiger charge is 2.19. The van der Waals surface area contributed by atoms with Crippen molar-refractivity contribution in [3.8, 4) is 0 Å². The topological polar surface area (TPSA) is 39.7 Å². The average molecular weight is 279 g/mol. The third-order valence-electron chi connectivity index (χ3n) is 3.53. The van der Waals surface area contributed by atoms with Crippen LogP contribution in [0, 0.1) is 0 Å². The molecule has 1 aliphatic rings. The number of hydrogen-bond donors (Lipinski definition) is 1. The summed E-state index contributed by atoms with van der Waals surface area (Å²) in [7, 11) is 1.67. The third-order valence-corrected chi connectivity index (χ3v) is 3.53. The van der Waals surface area contributed by atoms with E-state index in [-0.39, 0.29) is 0 Å². The summed E-state index contributed by atoms with van der Waals surface area (Å²) in [5.41, 5.74) is 2.97. The van der Waals surface area contributed by atoms with Gasteiger partial charge in [-0.1, -0.05) is 24.3 Å². The maximum Gasteiger partial charge on any atom is 0.0701 e. The van der Waals surface area contributed by atoms with Crippen LogP contribution in [0.3, 0.4) is 0 Å². The smallest absolute Gasteiger partial charge is 0.0701 e. The van der Waals surface area contributed by atoms with Gasteiger partial charge < -0.3 is 19.5 Å². The van der Waals surface area contributed by atoms with Crippen molar-refractivity contribution < 1.29 is 14.2 Å². The molecule has 4 nitrogen and oxygen atoms in total. The molecule has 0 bridgehead atoms. The van der Waals surface area contributed by atoms with Crippen molar-refractivity contribution in [2.75, 3.05) is 46.7 Å². The first-order valence-electron chi connectivity index (χ1n) is 7.34. The molecular weight excluding hydrogens is 254 g/mol. The minimum absolute atomic E-state index is 0.564. The zero-order valence-corrected chi connectivity index (χ0v) is 12.3. The molecule has 112 valence electrons. The number of methoxy groups -OCH3 is 1. The van der Waals surface area contributed by atoms with Crippen molar-refractivity contribution in [2.24, 2.45) is 0 Å². The highest BCUT2D eigenvalue weighted by Crippen LogP contribution is 2.21. The van der Waals surface area contributed by atoms with Crippen molar-refractivity contribution in [1.82, 2.24) is 5.32 Å². The van der Waals surface area contributed by atoms with Gasteiger partial charge in [0.05, 0.1) is 33.0 Å². The Hall–Kier alpha value is -0.940. The Kier molecular flexibility index (Phi) is 7.01. The predicted molar refractivity (Wildman–Crippen MR) is 79.2 cm³/mol. The third kappa shape index (κ3) is 5.21. The first-order chi connectivity index (χ1) is 9.90. The second-order valence-corrected chi connectivity index (χ2v) is 5.05. The Morgan fingerprint density at radius 3 is 2.20 bits per heavy atom. The van der Waals surface area contributed by atoms with E-state index in [1.807, 2.05) is 0 Å². The summed E-state index contributed by atoms with van der Waals surface area (Å²) in [5, 5.41) is 3.55. The lowest BCUT2D eigenvalue weighted by Gasteiger charge is -2.12. The van der Waals surface area contributed by atoms with Crippen LogP contribution in [0.25, 0.3) is 0 Å². The molecule has 0 fully saturated rings. The van der Waals surface area contributed by atoms with Crippen LogP contribution in [0.15, 0.2) is 24.3 Å². The number of benzene rings is 1. The molecule has 1 aliphatic carbocycles. The van der Waals surface area contributed by atoms with Gasteiger partial charge in [-0.15, -0.1) is 0 Å². The summed E-state index contributed by atoms with van der Waals surface area (Å²) < 4.78 is 15.7. The van der Waals surface area contributed by atoms with E-state index in [0.717, 1.165) is 26.0 Å². The maximum atomic E-state index is 5.52. The second-order valence-electron chi connectivity index (χ2n) is 5.05. The first-order valence-corrected chi connectivity index (χ1v) is 7.34. The molecule has 4 heteroatoms. The Labute approximate surface area is 121 Å². The van der Waals surface area contributed by atoms with Crippen molar-refractivity contribution in [1.29, 1.82) is 0 Å². The molecule has 0 aliphatic heterocycles. The summed E-state index contributed by atoms with van der Waals surface area (Å²) >= 11 is 0. The van der Waals surface area contributed by atoms with Crippen molar-refractivity contribution in [2.45, 2.75) is 18.9 Å². The molecule has 0 saturated heterocycles. The predicted octanol–water partition coefficient (Wildman–Crippen LogP) is 1.42. The van der Waals surface area contributed by atoms with E-state index in [1.54, 1.807) is 7.11 Å². The normalized spacial score (nSPS) is 14.7. The van der Waals surface area contributed by atoms with E-state index in [4.69, 9.17) is 14.2 Å². The van der Waals surface area contributed by atoms with Gasteiger partial charge in [0.1, 0.15) is 0 Å². The monoisotopic (exact) mass is 279 g/mol. The molecule has 1 aromatic carbocycles. The van der Waals surface area contributed by atoms with Crippen molar-refractivity contribution in [3.63, 3.8) is 0 Å². The van der Waals surface area contributed by atoms with Crippen LogP contribution in [-0.2, 0) is 27.1 Å². The second kappa shape index (κ2) is 9.08. The fourth-order valence-corrected chi connectivity index (χ4v) is 2.50. The highest BCUT2D eigenvalue weighted by atomic mass is 16.5. The Morgan fingerprint density at radius 2 is 1.55 bits per heavy atom. The number of nitrogens with one attached hydrogen (secondary N) is 1. The van der Waals surface area contributed by atoms with E-state index < -0.39 is 0 Å². The lowest BCUT2D eigenvalue weighted by molar-refractivity contribution is 0.0252. The van der Waals surface area contributed by atoms with Gasteiger partial charge in [0.2, 0.25) is 0 Å². The molecule has 0 saturated carbocycles. The van der Waals surface area contributed by atoms with Gasteiger partial charge in [-0.2, -0.15) is 0 Å². The number of fused-ring (bicyclic) bond motifs is 1. The lowest BCUT2D eigenvalue weighted by atomic mass is 10.1. The van der Waals surface area contributed by atoms with Crippen molar-refractivity contribution in [3.05, 3.63) is 35.4 Å². The summed E-state index contributed by atoms with van der Waals surface area (Å²) in [4.78, 5) is 0. The van der Waals surface area contributed by atoms with E-state index in [1.165, 1.54) is 11.1 Å². The van der Waals surface area contributed by atoms with Gasteiger partial charge in [-0.25, -0.2) is 0 Å². The van der Waals surface area contributed by atoms with Gasteiger partial charge >= 0.3 is 0 Å². The summed E-state index contributed by atoms with van der Waals surface area (Å²) in [6.45, 7) is 4.20. The molecular formula is C16H25NO3. The average Bonchev–Trinajstić information content (AvgIpc) is 2.88. The minimum atomic E-state index is 0.564. The van der Waals surface area contributed by atoms with Crippen LogP contribution in [-0.4, -0.2) is 52.7 Å². The molecule has 0 aromatic heterocycles. The molecule has 0 atom stereocenters. The molecule has 20 heavy (non-hydrogen) atoms. The zero-order valence-electron chi connectivity index (χ0n) is 12.3. The molecule has 0 radical (unpaired) electrons. The van der Waals surface area contributed by atoms with E-state index in [0.29, 0.717) is 32.5 Å². The van der Waals surface area contributed by atoms with E-state index >= 15 is 0 Å². The molecule has 0 spiro atoms. The highest BCUT2D eigenvalue weighted by molar-refractivity contribution is 5.33. The SMILES string of the molecule is COCCOCCOCCNC1Cc2ccccc2C1. The van der Waals surface area contributed by atoms with Gasteiger partial charge in [-0.3, -0.25) is 0 Å². The summed E-state index contributed by atoms with van der Waals surface area (Å²) in [5.74, 6) is 0. The standard InChI is InChI=1S/C16H25NO3/c1-18-8-9-20-11-10-19-7-6-17-16-12-14-4-2-3-5-15(14)13-16/h2-5,16-17H,6-13H2,1H3. The summed E-state index contributed by atoms with van der Waals surface area (Å²) in [6, 6.07) is 9.26. The van der Waals surface area contributed by atoms with Crippen LogP contribution in [0.2, 0.25) is 0 Å². The van der Waals surface area contributed by atoms with Crippen LogP contribution >= 0.6 is 0 Å². The number of ether oxygens (including phenoxy) is 3. The maximum absolute atomic E-state index is 5.52. The zero-order chi connectivity index (χ0) is 14.0. The first kappa shape index (κ1) is 15.4. The molecule has 0 amide bonds. The number of rotatable bonds is 10. The van der Waals surface area contributed by atoms with Crippen LogP contribution in [0.4, 0.5) is 0 Å². The van der Waals surface area contributed by atoms with Gasteiger partial charge in [0, 0.05) is 19.7 Å². The largest absolute Gasteiger partial charge is 0.382 e. The molecule has 0 heterocycles. The van der Waals surface area contributed by atoms with Crippen LogP contribution in [0.5, 0.6) is 0 Å². The van der Waals surface area contributed by atoms with Gasteiger partial charge in [0.25, 0.3) is 0 Å². The van der Waals surface area contributed by atoms with Crippen LogP contribution in [0.1, 0.15) is 11.1 Å². The Morgan fingerprint density at radius 1 is 0.950 bits per heavy atom.